The first-order valence-electron chi connectivity index (χ1n) is 10.4. The maximum absolute atomic E-state index is 13.2. The van der Waals surface area contributed by atoms with Crippen LogP contribution in [-0.4, -0.2) is 47.8 Å². The van der Waals surface area contributed by atoms with Crippen molar-refractivity contribution in [2.24, 2.45) is 0 Å². The van der Waals surface area contributed by atoms with Gasteiger partial charge in [-0.25, -0.2) is 4.39 Å². The average molecular weight is 413 g/mol. The normalized spacial score (nSPS) is 24.1. The molecule has 0 bridgehead atoms. The van der Waals surface area contributed by atoms with E-state index < -0.39 is 5.60 Å². The summed E-state index contributed by atoms with van der Waals surface area (Å²) in [6.07, 6.45) is 2.51. The topological polar surface area (TPSA) is 48.0 Å². The lowest BCUT2D eigenvalue weighted by molar-refractivity contribution is -0.153. The molecule has 5 nitrogen and oxygen atoms in total. The van der Waals surface area contributed by atoms with Gasteiger partial charge in [-0.1, -0.05) is 18.2 Å². The minimum Gasteiger partial charge on any atom is -0.488 e. The second-order valence-corrected chi connectivity index (χ2v) is 8.65. The van der Waals surface area contributed by atoms with Crippen LogP contribution in [0.3, 0.4) is 0 Å². The van der Waals surface area contributed by atoms with Crippen molar-refractivity contribution in [3.8, 4) is 11.5 Å². The van der Waals surface area contributed by atoms with E-state index in [1.165, 1.54) is 24.3 Å². The number of amides is 1. The van der Waals surface area contributed by atoms with Gasteiger partial charge in [-0.2, -0.15) is 0 Å². The highest BCUT2D eigenvalue weighted by Gasteiger charge is 2.47. The Bertz CT molecular complexity index is 871. The van der Waals surface area contributed by atoms with Gasteiger partial charge in [0.05, 0.1) is 12.2 Å². The van der Waals surface area contributed by atoms with Crippen LogP contribution in [0.5, 0.6) is 11.5 Å². The van der Waals surface area contributed by atoms with E-state index in [9.17, 15) is 9.18 Å². The quantitative estimate of drug-likeness (QED) is 0.737. The molecule has 0 aliphatic carbocycles. The van der Waals surface area contributed by atoms with Gasteiger partial charge in [0.25, 0.3) is 5.91 Å². The largest absolute Gasteiger partial charge is 0.488 e. The SMILES string of the molecule is CC(C)(Oc1ccc(F)cc1)C(=O)N1CCC[C@@]2(C[C@@H](Oc3ccccc3)CO2)C1. The second-order valence-electron chi connectivity index (χ2n) is 8.65. The van der Waals surface area contributed by atoms with Gasteiger partial charge in [0.2, 0.25) is 0 Å². The molecule has 0 saturated carbocycles. The van der Waals surface area contributed by atoms with Crippen LogP contribution in [0, 0.1) is 5.82 Å². The lowest BCUT2D eigenvalue weighted by Crippen LogP contribution is -2.56. The average Bonchev–Trinajstić information content (AvgIpc) is 3.11. The first kappa shape index (κ1) is 20.7. The Morgan fingerprint density at radius 3 is 2.60 bits per heavy atom. The van der Waals surface area contributed by atoms with Crippen molar-refractivity contribution >= 4 is 5.91 Å². The van der Waals surface area contributed by atoms with Crippen molar-refractivity contribution in [2.45, 2.75) is 50.4 Å². The third kappa shape index (κ3) is 4.59. The van der Waals surface area contributed by atoms with Gasteiger partial charge in [0, 0.05) is 19.5 Å². The maximum atomic E-state index is 13.2. The van der Waals surface area contributed by atoms with Crippen molar-refractivity contribution in [2.75, 3.05) is 19.7 Å². The molecule has 2 aliphatic rings. The summed E-state index contributed by atoms with van der Waals surface area (Å²) in [5, 5.41) is 0. The van der Waals surface area contributed by atoms with E-state index in [1.807, 2.05) is 35.2 Å². The van der Waals surface area contributed by atoms with Crippen molar-refractivity contribution in [3.05, 3.63) is 60.4 Å². The van der Waals surface area contributed by atoms with Crippen LogP contribution in [0.2, 0.25) is 0 Å². The number of halogens is 1. The summed E-state index contributed by atoms with van der Waals surface area (Å²) in [5.41, 5.74) is -1.44. The molecule has 2 saturated heterocycles. The molecular formula is C24H28FNO4. The molecule has 0 unspecified atom stereocenters. The van der Waals surface area contributed by atoms with Gasteiger partial charge in [-0.15, -0.1) is 0 Å². The molecule has 1 spiro atoms. The van der Waals surface area contributed by atoms with Crippen LogP contribution >= 0.6 is 0 Å². The highest BCUT2D eigenvalue weighted by Crippen LogP contribution is 2.37. The molecule has 2 fully saturated rings. The Morgan fingerprint density at radius 1 is 1.13 bits per heavy atom. The van der Waals surface area contributed by atoms with Gasteiger partial charge in [0.15, 0.2) is 5.60 Å². The number of hydrogen-bond acceptors (Lipinski definition) is 4. The van der Waals surface area contributed by atoms with E-state index in [2.05, 4.69) is 0 Å². The van der Waals surface area contributed by atoms with E-state index in [4.69, 9.17) is 14.2 Å². The molecule has 160 valence electrons. The number of hydrogen-bond donors (Lipinski definition) is 0. The third-order valence-corrected chi connectivity index (χ3v) is 5.75. The molecule has 2 aromatic carbocycles. The van der Waals surface area contributed by atoms with Gasteiger partial charge >= 0.3 is 0 Å². The predicted molar refractivity (Wildman–Crippen MR) is 111 cm³/mol. The summed E-state index contributed by atoms with van der Waals surface area (Å²) in [6, 6.07) is 15.5. The molecule has 0 radical (unpaired) electrons. The molecule has 6 heteroatoms. The van der Waals surface area contributed by atoms with Crippen molar-refractivity contribution in [1.29, 1.82) is 0 Å². The minimum absolute atomic E-state index is 0.0223. The fourth-order valence-electron chi connectivity index (χ4n) is 4.35. The van der Waals surface area contributed by atoms with Gasteiger partial charge in [-0.3, -0.25) is 4.79 Å². The summed E-state index contributed by atoms with van der Waals surface area (Å²) in [7, 11) is 0. The van der Waals surface area contributed by atoms with Crippen LogP contribution in [-0.2, 0) is 9.53 Å². The zero-order valence-electron chi connectivity index (χ0n) is 17.5. The zero-order chi connectivity index (χ0) is 21.2. The minimum atomic E-state index is -1.06. The Morgan fingerprint density at radius 2 is 1.87 bits per heavy atom. The fourth-order valence-corrected chi connectivity index (χ4v) is 4.35. The van der Waals surface area contributed by atoms with E-state index in [1.54, 1.807) is 13.8 Å². The summed E-state index contributed by atoms with van der Waals surface area (Å²) >= 11 is 0. The Balaban J connectivity index is 1.39. The molecule has 2 heterocycles. The smallest absolute Gasteiger partial charge is 0.266 e. The predicted octanol–water partition coefficient (Wildman–Crippen LogP) is 4.21. The van der Waals surface area contributed by atoms with Crippen LogP contribution in [0.25, 0.3) is 0 Å². The fraction of sp³-hybridized carbons (Fsp3) is 0.458. The van der Waals surface area contributed by atoms with Crippen LogP contribution in [0.15, 0.2) is 54.6 Å². The van der Waals surface area contributed by atoms with Gasteiger partial charge in [-0.05, 0) is 63.1 Å². The number of piperidine rings is 1. The number of nitrogens with zero attached hydrogens (tertiary/aromatic N) is 1. The summed E-state index contributed by atoms with van der Waals surface area (Å²) < 4.78 is 31.3. The first-order chi connectivity index (χ1) is 14.4. The number of carbonyl (C=O) groups is 1. The number of benzene rings is 2. The number of rotatable bonds is 5. The highest BCUT2D eigenvalue weighted by atomic mass is 19.1. The Kier molecular flexibility index (Phi) is 5.69. The molecule has 2 atom stereocenters. The lowest BCUT2D eigenvalue weighted by atomic mass is 9.88. The molecule has 2 aliphatic heterocycles. The number of ether oxygens (including phenoxy) is 3. The molecule has 30 heavy (non-hydrogen) atoms. The van der Waals surface area contributed by atoms with E-state index >= 15 is 0 Å². The molecular weight excluding hydrogens is 385 g/mol. The Hall–Kier alpha value is -2.60. The van der Waals surface area contributed by atoms with Crippen LogP contribution < -0.4 is 9.47 Å². The van der Waals surface area contributed by atoms with Crippen molar-refractivity contribution in [1.82, 2.24) is 4.90 Å². The Labute approximate surface area is 176 Å². The highest BCUT2D eigenvalue weighted by molar-refractivity contribution is 5.85. The monoisotopic (exact) mass is 413 g/mol. The number of carbonyl (C=O) groups excluding carboxylic acids is 1. The van der Waals surface area contributed by atoms with Gasteiger partial charge in [0.1, 0.15) is 23.4 Å². The summed E-state index contributed by atoms with van der Waals surface area (Å²) in [5.74, 6) is 0.868. The molecule has 2 aromatic rings. The molecule has 0 aromatic heterocycles. The van der Waals surface area contributed by atoms with Crippen LogP contribution in [0.4, 0.5) is 4.39 Å². The molecule has 0 N–H and O–H groups in total. The van der Waals surface area contributed by atoms with Crippen molar-refractivity contribution < 1.29 is 23.4 Å². The van der Waals surface area contributed by atoms with Crippen LogP contribution in [0.1, 0.15) is 33.1 Å². The van der Waals surface area contributed by atoms with Gasteiger partial charge < -0.3 is 19.1 Å². The lowest BCUT2D eigenvalue weighted by Gasteiger charge is -2.42. The van der Waals surface area contributed by atoms with E-state index in [0.29, 0.717) is 25.4 Å². The molecule has 4 rings (SSSR count). The zero-order valence-corrected chi connectivity index (χ0v) is 17.5. The molecule has 1 amide bonds. The van der Waals surface area contributed by atoms with E-state index in [-0.39, 0.29) is 23.4 Å². The number of para-hydroxylation sites is 1. The first-order valence-corrected chi connectivity index (χ1v) is 10.4. The third-order valence-electron chi connectivity index (χ3n) is 5.75. The second kappa shape index (κ2) is 8.26. The van der Waals surface area contributed by atoms with E-state index in [0.717, 1.165) is 25.0 Å². The maximum Gasteiger partial charge on any atom is 0.266 e. The summed E-state index contributed by atoms with van der Waals surface area (Å²) in [4.78, 5) is 15.1. The summed E-state index contributed by atoms with van der Waals surface area (Å²) in [6.45, 7) is 5.21. The van der Waals surface area contributed by atoms with Crippen molar-refractivity contribution in [3.63, 3.8) is 0 Å². The number of likely N-dealkylation sites (tertiary alicyclic amines) is 1. The standard InChI is InChI=1S/C24H28FNO4/c1-23(2,30-20-11-9-18(25)10-12-20)22(27)26-14-6-13-24(17-26)15-21(16-28-24)29-19-7-4-3-5-8-19/h3-5,7-12,21H,6,13-17H2,1-2H3/t21-,24-/m1/s1.